The van der Waals surface area contributed by atoms with Gasteiger partial charge in [0.15, 0.2) is 0 Å². The summed E-state index contributed by atoms with van der Waals surface area (Å²) in [7, 11) is -3.97. The van der Waals surface area contributed by atoms with Crippen LogP contribution in [0.1, 0.15) is 18.1 Å². The van der Waals surface area contributed by atoms with Crippen molar-refractivity contribution in [1.82, 2.24) is 4.90 Å². The van der Waals surface area contributed by atoms with Crippen LogP contribution in [0.15, 0.2) is 71.6 Å². The number of carbonyl (C=O) groups excluding carboxylic acids is 1. The van der Waals surface area contributed by atoms with E-state index in [1.807, 2.05) is 39.0 Å². The summed E-state index contributed by atoms with van der Waals surface area (Å²) >= 11 is 6.20. The molecule has 0 saturated carbocycles. The number of halogens is 1. The summed E-state index contributed by atoms with van der Waals surface area (Å²) in [5.41, 5.74) is 3.54. The van der Waals surface area contributed by atoms with Crippen molar-refractivity contribution < 1.29 is 17.9 Å². The van der Waals surface area contributed by atoms with Gasteiger partial charge in [0.2, 0.25) is 5.91 Å². The van der Waals surface area contributed by atoms with Crippen molar-refractivity contribution in [3.05, 3.63) is 82.9 Å². The fraction of sp³-hybridized carbons (Fsp3) is 0.321. The van der Waals surface area contributed by atoms with Crippen LogP contribution >= 0.6 is 11.6 Å². The Hall–Kier alpha value is -3.23. The van der Waals surface area contributed by atoms with Gasteiger partial charge in [0.1, 0.15) is 12.3 Å². The number of carbonyl (C=O) groups is 1. The third kappa shape index (κ3) is 6.19. The molecule has 37 heavy (non-hydrogen) atoms. The zero-order chi connectivity index (χ0) is 26.6. The first-order valence-corrected chi connectivity index (χ1v) is 14.1. The Bertz CT molecular complexity index is 1340. The SMILES string of the molecule is CCOc1ccc(N(CC(=O)N2CCN(c3cc(Cl)ccc3C)CC2)S(=O)(=O)c2ccc(C)cc2)cc1. The highest BCUT2D eigenvalue weighted by Crippen LogP contribution is 2.28. The van der Waals surface area contributed by atoms with Crippen molar-refractivity contribution >= 4 is 38.9 Å². The summed E-state index contributed by atoms with van der Waals surface area (Å²) in [5, 5.41) is 0.673. The first kappa shape index (κ1) is 26.8. The predicted molar refractivity (Wildman–Crippen MR) is 148 cm³/mol. The lowest BCUT2D eigenvalue weighted by Crippen LogP contribution is -2.52. The summed E-state index contributed by atoms with van der Waals surface area (Å²) in [6.07, 6.45) is 0. The summed E-state index contributed by atoms with van der Waals surface area (Å²) in [6.45, 7) is 8.29. The second kappa shape index (κ2) is 11.4. The Morgan fingerprint density at radius 3 is 2.22 bits per heavy atom. The van der Waals surface area contributed by atoms with Gasteiger partial charge in [0.25, 0.3) is 10.0 Å². The first-order chi connectivity index (χ1) is 17.7. The number of ether oxygens (including phenoxy) is 1. The molecule has 1 saturated heterocycles. The average molecular weight is 542 g/mol. The maximum Gasteiger partial charge on any atom is 0.264 e. The highest BCUT2D eigenvalue weighted by molar-refractivity contribution is 7.92. The minimum absolute atomic E-state index is 0.140. The molecule has 3 aromatic rings. The lowest BCUT2D eigenvalue weighted by Gasteiger charge is -2.37. The normalized spacial score (nSPS) is 13.9. The zero-order valence-corrected chi connectivity index (χ0v) is 22.9. The van der Waals surface area contributed by atoms with Crippen molar-refractivity contribution in [2.45, 2.75) is 25.7 Å². The van der Waals surface area contributed by atoms with E-state index in [0.717, 1.165) is 16.8 Å². The summed E-state index contributed by atoms with van der Waals surface area (Å²) in [5.74, 6) is 0.393. The third-order valence-corrected chi connectivity index (χ3v) is 8.49. The third-order valence-electron chi connectivity index (χ3n) is 6.47. The fourth-order valence-electron chi connectivity index (χ4n) is 4.37. The number of aryl methyl sites for hydroxylation is 2. The fourth-order valence-corrected chi connectivity index (χ4v) is 5.95. The number of hydrogen-bond donors (Lipinski definition) is 0. The Balaban J connectivity index is 1.54. The smallest absolute Gasteiger partial charge is 0.264 e. The summed E-state index contributed by atoms with van der Waals surface area (Å²) < 4.78 is 34.1. The molecule has 7 nitrogen and oxygen atoms in total. The lowest BCUT2D eigenvalue weighted by atomic mass is 10.1. The van der Waals surface area contributed by atoms with E-state index in [2.05, 4.69) is 4.90 Å². The van der Waals surface area contributed by atoms with Crippen LogP contribution in [-0.4, -0.2) is 58.6 Å². The highest BCUT2D eigenvalue weighted by atomic mass is 35.5. The van der Waals surface area contributed by atoms with E-state index in [1.54, 1.807) is 53.4 Å². The molecule has 196 valence electrons. The molecule has 0 radical (unpaired) electrons. The molecule has 0 spiro atoms. The number of rotatable bonds is 8. The van der Waals surface area contributed by atoms with Crippen molar-refractivity contribution in [2.24, 2.45) is 0 Å². The van der Waals surface area contributed by atoms with Gasteiger partial charge < -0.3 is 14.5 Å². The van der Waals surface area contributed by atoms with E-state index >= 15 is 0 Å². The molecule has 4 rings (SSSR count). The molecule has 0 unspecified atom stereocenters. The second-order valence-electron chi connectivity index (χ2n) is 9.05. The molecule has 0 bridgehead atoms. The number of anilines is 2. The number of piperazine rings is 1. The number of hydrogen-bond acceptors (Lipinski definition) is 5. The van der Waals surface area contributed by atoms with E-state index in [0.29, 0.717) is 49.2 Å². The van der Waals surface area contributed by atoms with Gasteiger partial charge in [-0.3, -0.25) is 9.10 Å². The predicted octanol–water partition coefficient (Wildman–Crippen LogP) is 4.90. The highest BCUT2D eigenvalue weighted by Gasteiger charge is 2.30. The summed E-state index contributed by atoms with van der Waals surface area (Å²) in [6, 6.07) is 19.2. The monoisotopic (exact) mass is 541 g/mol. The van der Waals surface area contributed by atoms with Crippen molar-refractivity contribution in [2.75, 3.05) is 48.5 Å². The molecule has 3 aromatic carbocycles. The van der Waals surface area contributed by atoms with E-state index < -0.39 is 10.0 Å². The molecular formula is C28H32ClN3O4S. The van der Waals surface area contributed by atoms with Gasteiger partial charge in [0.05, 0.1) is 17.2 Å². The molecule has 0 aliphatic carbocycles. The van der Waals surface area contributed by atoms with Crippen LogP contribution in [0.25, 0.3) is 0 Å². The van der Waals surface area contributed by atoms with Gasteiger partial charge in [-0.05, 0) is 74.9 Å². The van der Waals surface area contributed by atoms with Gasteiger partial charge in [-0.15, -0.1) is 0 Å². The molecule has 0 N–H and O–H groups in total. The number of amides is 1. The van der Waals surface area contributed by atoms with Gasteiger partial charge >= 0.3 is 0 Å². The molecular weight excluding hydrogens is 510 g/mol. The molecule has 1 aliphatic heterocycles. The standard InChI is InChI=1S/C28H32ClN3O4S/c1-4-36-25-11-9-24(10-12-25)32(37(34,35)26-13-5-21(2)6-14-26)20-28(33)31-17-15-30(16-18-31)27-19-23(29)8-7-22(27)3/h5-14,19H,4,15-18,20H2,1-3H3. The molecule has 0 aromatic heterocycles. The first-order valence-electron chi connectivity index (χ1n) is 12.3. The molecule has 1 aliphatic rings. The molecule has 1 heterocycles. The maximum absolute atomic E-state index is 13.7. The molecule has 9 heteroatoms. The number of benzene rings is 3. The maximum atomic E-state index is 13.7. The van der Waals surface area contributed by atoms with Crippen LogP contribution < -0.4 is 13.9 Å². The van der Waals surface area contributed by atoms with Crippen molar-refractivity contribution in [3.8, 4) is 5.75 Å². The molecule has 0 atom stereocenters. The Labute approximate surface area is 224 Å². The molecule has 1 amide bonds. The largest absolute Gasteiger partial charge is 0.494 e. The van der Waals surface area contributed by atoms with Crippen LogP contribution in [0.3, 0.4) is 0 Å². The number of nitrogens with zero attached hydrogens (tertiary/aromatic N) is 3. The minimum Gasteiger partial charge on any atom is -0.494 e. The second-order valence-corrected chi connectivity index (χ2v) is 11.3. The van der Waals surface area contributed by atoms with Crippen LogP contribution in [0, 0.1) is 13.8 Å². The van der Waals surface area contributed by atoms with E-state index in [4.69, 9.17) is 16.3 Å². The van der Waals surface area contributed by atoms with Gasteiger partial charge in [0, 0.05) is 36.9 Å². The van der Waals surface area contributed by atoms with Crippen LogP contribution in [0.2, 0.25) is 5.02 Å². The quantitative estimate of drug-likeness (QED) is 0.406. The number of sulfonamides is 1. The zero-order valence-electron chi connectivity index (χ0n) is 21.4. The van der Waals surface area contributed by atoms with Crippen molar-refractivity contribution in [3.63, 3.8) is 0 Å². The van der Waals surface area contributed by atoms with Crippen LogP contribution in [0.4, 0.5) is 11.4 Å². The topological polar surface area (TPSA) is 70.2 Å². The lowest BCUT2D eigenvalue weighted by molar-refractivity contribution is -0.129. The van der Waals surface area contributed by atoms with E-state index in [-0.39, 0.29) is 17.3 Å². The van der Waals surface area contributed by atoms with E-state index in [1.165, 1.54) is 4.31 Å². The minimum atomic E-state index is -3.97. The van der Waals surface area contributed by atoms with Gasteiger partial charge in [-0.1, -0.05) is 35.4 Å². The Morgan fingerprint density at radius 1 is 0.946 bits per heavy atom. The van der Waals surface area contributed by atoms with Crippen LogP contribution in [-0.2, 0) is 14.8 Å². The summed E-state index contributed by atoms with van der Waals surface area (Å²) in [4.78, 5) is 17.5. The average Bonchev–Trinajstić information content (AvgIpc) is 2.89. The van der Waals surface area contributed by atoms with Crippen LogP contribution in [0.5, 0.6) is 5.75 Å². The van der Waals surface area contributed by atoms with Gasteiger partial charge in [-0.25, -0.2) is 8.42 Å². The van der Waals surface area contributed by atoms with Crippen molar-refractivity contribution in [1.29, 1.82) is 0 Å². The Kier molecular flexibility index (Phi) is 8.29. The molecule has 1 fully saturated rings. The van der Waals surface area contributed by atoms with Gasteiger partial charge in [-0.2, -0.15) is 0 Å². The Morgan fingerprint density at radius 2 is 1.59 bits per heavy atom. The van der Waals surface area contributed by atoms with E-state index in [9.17, 15) is 13.2 Å².